The van der Waals surface area contributed by atoms with E-state index in [1.165, 1.54) is 10.4 Å². The predicted octanol–water partition coefficient (Wildman–Crippen LogP) is 2.45. The fraction of sp³-hybridized carbons (Fsp3) is 0.333. The molecule has 0 aliphatic carbocycles. The van der Waals surface area contributed by atoms with Gasteiger partial charge in [0.25, 0.3) is 0 Å². The maximum Gasteiger partial charge on any atom is 0.118 e. The predicted molar refractivity (Wildman–Crippen MR) is 76.1 cm³/mol. The van der Waals surface area contributed by atoms with Gasteiger partial charge < -0.3 is 10.1 Å². The van der Waals surface area contributed by atoms with E-state index in [0.29, 0.717) is 6.04 Å². The first kappa shape index (κ1) is 13.1. The molecule has 2 N–H and O–H groups in total. The third-order valence-electron chi connectivity index (χ3n) is 3.02. The van der Waals surface area contributed by atoms with Crippen LogP contribution in [0.15, 0.2) is 41.8 Å². The van der Waals surface area contributed by atoms with Gasteiger partial charge in [0.15, 0.2) is 0 Å². The molecule has 0 saturated carbocycles. The van der Waals surface area contributed by atoms with Crippen molar-refractivity contribution in [1.29, 1.82) is 0 Å². The minimum Gasteiger partial charge on any atom is -0.497 e. The molecule has 0 bridgehead atoms. The fourth-order valence-electron chi connectivity index (χ4n) is 1.93. The van der Waals surface area contributed by atoms with E-state index in [9.17, 15) is 0 Å². The van der Waals surface area contributed by atoms with Crippen LogP contribution in [0.3, 0.4) is 0 Å². The maximum absolute atomic E-state index is 5.16. The lowest BCUT2D eigenvalue weighted by atomic mass is 10.1. The molecule has 0 unspecified atom stereocenters. The van der Waals surface area contributed by atoms with Crippen molar-refractivity contribution in [3.05, 3.63) is 52.2 Å². The van der Waals surface area contributed by atoms with Crippen molar-refractivity contribution in [2.75, 3.05) is 7.11 Å². The van der Waals surface area contributed by atoms with Gasteiger partial charge in [0.05, 0.1) is 13.2 Å². The van der Waals surface area contributed by atoms with Gasteiger partial charge in [-0.15, -0.1) is 11.3 Å². The molecule has 0 saturated heterocycles. The van der Waals surface area contributed by atoms with E-state index in [1.807, 2.05) is 23.5 Å². The topological polar surface area (TPSA) is 25.8 Å². The van der Waals surface area contributed by atoms with E-state index in [1.54, 1.807) is 7.11 Å². The van der Waals surface area contributed by atoms with Crippen molar-refractivity contribution in [3.63, 3.8) is 0 Å². The van der Waals surface area contributed by atoms with Gasteiger partial charge in [-0.25, -0.2) is 0 Å². The van der Waals surface area contributed by atoms with Gasteiger partial charge in [-0.2, -0.15) is 0 Å². The van der Waals surface area contributed by atoms with Crippen LogP contribution in [0, 0.1) is 0 Å². The molecule has 1 atom stereocenters. The molecule has 0 aliphatic rings. The molecule has 2 nitrogen and oxygen atoms in total. The smallest absolute Gasteiger partial charge is 0.118 e. The summed E-state index contributed by atoms with van der Waals surface area (Å²) in [6.07, 6.45) is 1.15. The molecule has 2 rings (SSSR count). The van der Waals surface area contributed by atoms with Crippen LogP contribution in [-0.4, -0.2) is 13.2 Å². The Morgan fingerprint density at radius 1 is 1.22 bits per heavy atom. The molecule has 2 aromatic rings. The van der Waals surface area contributed by atoms with Crippen LogP contribution in [0.25, 0.3) is 0 Å². The second kappa shape index (κ2) is 6.57. The lowest BCUT2D eigenvalue weighted by Crippen LogP contribution is -2.88. The molecule has 0 aliphatic heterocycles. The van der Waals surface area contributed by atoms with Crippen molar-refractivity contribution in [1.82, 2.24) is 0 Å². The van der Waals surface area contributed by atoms with E-state index >= 15 is 0 Å². The average molecular weight is 262 g/mol. The third kappa shape index (κ3) is 3.86. The number of hydrogen-bond donors (Lipinski definition) is 1. The van der Waals surface area contributed by atoms with E-state index in [2.05, 4.69) is 41.9 Å². The molecule has 0 fully saturated rings. The summed E-state index contributed by atoms with van der Waals surface area (Å²) in [6.45, 7) is 3.31. The van der Waals surface area contributed by atoms with E-state index in [4.69, 9.17) is 4.74 Å². The van der Waals surface area contributed by atoms with Gasteiger partial charge in [0, 0.05) is 16.9 Å². The highest BCUT2D eigenvalue weighted by Crippen LogP contribution is 2.11. The SMILES string of the molecule is COc1ccc(C[NH2+][C@H](C)Cc2cccs2)cc1. The maximum atomic E-state index is 5.16. The summed E-state index contributed by atoms with van der Waals surface area (Å²) in [5, 5.41) is 4.53. The number of hydrogen-bond acceptors (Lipinski definition) is 2. The summed E-state index contributed by atoms with van der Waals surface area (Å²) < 4.78 is 5.16. The molecular formula is C15H20NOS+. The highest BCUT2D eigenvalue weighted by molar-refractivity contribution is 7.09. The highest BCUT2D eigenvalue weighted by Gasteiger charge is 2.07. The Balaban J connectivity index is 1.79. The Labute approximate surface area is 113 Å². The molecule has 1 heterocycles. The van der Waals surface area contributed by atoms with Crippen LogP contribution in [0.2, 0.25) is 0 Å². The minimum atomic E-state index is 0.616. The quantitative estimate of drug-likeness (QED) is 0.850. The lowest BCUT2D eigenvalue weighted by molar-refractivity contribution is -0.701. The van der Waals surface area contributed by atoms with E-state index in [0.717, 1.165) is 18.7 Å². The Morgan fingerprint density at radius 3 is 2.61 bits per heavy atom. The number of thiophene rings is 1. The van der Waals surface area contributed by atoms with Gasteiger partial charge in [0.2, 0.25) is 0 Å². The Hall–Kier alpha value is -1.32. The molecule has 3 heteroatoms. The first-order valence-electron chi connectivity index (χ1n) is 6.26. The van der Waals surface area contributed by atoms with Crippen LogP contribution < -0.4 is 10.1 Å². The first-order valence-corrected chi connectivity index (χ1v) is 7.14. The standard InChI is InChI=1S/C15H19NOS/c1-12(10-15-4-3-9-18-15)16-11-13-5-7-14(17-2)8-6-13/h3-9,12,16H,10-11H2,1-2H3/p+1/t12-/m1/s1. The van der Waals surface area contributed by atoms with Gasteiger partial charge in [-0.05, 0) is 42.6 Å². The summed E-state index contributed by atoms with van der Waals surface area (Å²) in [6, 6.07) is 13.3. The van der Waals surface area contributed by atoms with Gasteiger partial charge in [0.1, 0.15) is 12.3 Å². The zero-order valence-electron chi connectivity index (χ0n) is 10.9. The van der Waals surface area contributed by atoms with Gasteiger partial charge >= 0.3 is 0 Å². The molecule has 1 aromatic heterocycles. The molecular weight excluding hydrogens is 242 g/mol. The number of quaternary nitrogens is 1. The van der Waals surface area contributed by atoms with Crippen LogP contribution in [0.5, 0.6) is 5.75 Å². The van der Waals surface area contributed by atoms with Crippen molar-refractivity contribution >= 4 is 11.3 Å². The van der Waals surface area contributed by atoms with Crippen LogP contribution in [-0.2, 0) is 13.0 Å². The third-order valence-corrected chi connectivity index (χ3v) is 3.92. The highest BCUT2D eigenvalue weighted by atomic mass is 32.1. The van der Waals surface area contributed by atoms with E-state index in [-0.39, 0.29) is 0 Å². The molecule has 96 valence electrons. The second-order valence-corrected chi connectivity index (χ2v) is 5.58. The minimum absolute atomic E-state index is 0.616. The number of methoxy groups -OCH3 is 1. The summed E-state index contributed by atoms with van der Waals surface area (Å²) in [7, 11) is 1.70. The fourth-order valence-corrected chi connectivity index (χ4v) is 2.78. The Bertz CT molecular complexity index is 450. The summed E-state index contributed by atoms with van der Waals surface area (Å²) >= 11 is 1.84. The lowest BCUT2D eigenvalue weighted by Gasteiger charge is -2.10. The Morgan fingerprint density at radius 2 is 2.00 bits per heavy atom. The van der Waals surface area contributed by atoms with Crippen LogP contribution in [0.1, 0.15) is 17.4 Å². The second-order valence-electron chi connectivity index (χ2n) is 4.55. The van der Waals surface area contributed by atoms with E-state index < -0.39 is 0 Å². The molecule has 0 spiro atoms. The Kier molecular flexibility index (Phi) is 4.79. The largest absolute Gasteiger partial charge is 0.497 e. The normalized spacial score (nSPS) is 12.3. The summed E-state index contributed by atoms with van der Waals surface area (Å²) in [4.78, 5) is 1.47. The summed E-state index contributed by atoms with van der Waals surface area (Å²) in [5.41, 5.74) is 1.34. The van der Waals surface area contributed by atoms with Crippen molar-refractivity contribution in [2.24, 2.45) is 0 Å². The molecule has 0 amide bonds. The van der Waals surface area contributed by atoms with Crippen LogP contribution in [0.4, 0.5) is 0 Å². The average Bonchev–Trinajstić information content (AvgIpc) is 2.90. The number of benzene rings is 1. The number of nitrogens with two attached hydrogens (primary N) is 1. The van der Waals surface area contributed by atoms with Gasteiger partial charge in [-0.1, -0.05) is 6.07 Å². The zero-order chi connectivity index (χ0) is 12.8. The van der Waals surface area contributed by atoms with Crippen molar-refractivity contribution < 1.29 is 10.1 Å². The van der Waals surface area contributed by atoms with Crippen molar-refractivity contribution in [2.45, 2.75) is 25.9 Å². The summed E-state index contributed by atoms with van der Waals surface area (Å²) in [5.74, 6) is 0.922. The monoisotopic (exact) mass is 262 g/mol. The van der Waals surface area contributed by atoms with Crippen LogP contribution >= 0.6 is 11.3 Å². The number of ether oxygens (including phenoxy) is 1. The molecule has 1 aromatic carbocycles. The molecule has 0 radical (unpaired) electrons. The first-order chi connectivity index (χ1) is 8.78. The number of rotatable bonds is 6. The van der Waals surface area contributed by atoms with Gasteiger partial charge in [-0.3, -0.25) is 0 Å². The van der Waals surface area contributed by atoms with Crippen molar-refractivity contribution in [3.8, 4) is 5.75 Å². The molecule has 18 heavy (non-hydrogen) atoms. The zero-order valence-corrected chi connectivity index (χ0v) is 11.7.